The lowest BCUT2D eigenvalue weighted by Gasteiger charge is -2.37. The summed E-state index contributed by atoms with van der Waals surface area (Å²) in [5.74, 6) is 2.62. The molecule has 0 spiro atoms. The summed E-state index contributed by atoms with van der Waals surface area (Å²) in [6.07, 6.45) is 5.35. The number of nitrogens with zero attached hydrogens (tertiary/aromatic N) is 1. The summed E-state index contributed by atoms with van der Waals surface area (Å²) in [6, 6.07) is 7.37. The third-order valence-electron chi connectivity index (χ3n) is 5.22. The normalized spacial score (nSPS) is 20.4. The fourth-order valence-electron chi connectivity index (χ4n) is 3.63. The van der Waals surface area contributed by atoms with Crippen molar-refractivity contribution in [3.63, 3.8) is 0 Å². The number of aliphatic hydroxyl groups is 1. The van der Waals surface area contributed by atoms with Crippen LogP contribution >= 0.6 is 0 Å². The number of terminal acetylenes is 1. The highest BCUT2D eigenvalue weighted by Gasteiger charge is 2.42. The molecular weight excluding hydrogens is 362 g/mol. The molecule has 29 heavy (non-hydrogen) atoms. The zero-order valence-electron chi connectivity index (χ0n) is 18.3. The first-order valence-electron chi connectivity index (χ1n) is 10.3. The van der Waals surface area contributed by atoms with Crippen LogP contribution in [0.1, 0.15) is 52.2 Å². The van der Waals surface area contributed by atoms with Gasteiger partial charge in [0.15, 0.2) is 0 Å². The van der Waals surface area contributed by atoms with E-state index in [-0.39, 0.29) is 29.4 Å². The van der Waals surface area contributed by atoms with Crippen molar-refractivity contribution in [3.8, 4) is 12.3 Å². The van der Waals surface area contributed by atoms with Crippen LogP contribution in [0.3, 0.4) is 0 Å². The Kier molecular flexibility index (Phi) is 7.51. The largest absolute Gasteiger partial charge is 0.391 e. The number of β-amino-alcohol motifs (C(OH)–C–C–N with tert-alkyl or cyclic N) is 1. The van der Waals surface area contributed by atoms with Crippen molar-refractivity contribution < 1.29 is 9.90 Å². The van der Waals surface area contributed by atoms with Crippen LogP contribution in [0.15, 0.2) is 36.5 Å². The Balaban J connectivity index is 2.10. The van der Waals surface area contributed by atoms with E-state index in [4.69, 9.17) is 6.42 Å². The Bertz CT molecular complexity index is 756. The van der Waals surface area contributed by atoms with E-state index < -0.39 is 6.10 Å². The number of rotatable bonds is 7. The van der Waals surface area contributed by atoms with E-state index in [1.165, 1.54) is 0 Å². The second kappa shape index (κ2) is 9.47. The smallest absolute Gasteiger partial charge is 0.240 e. The highest BCUT2D eigenvalue weighted by atomic mass is 16.3. The summed E-state index contributed by atoms with van der Waals surface area (Å²) in [7, 11) is 0. The number of aliphatic hydroxyl groups excluding tert-OH is 1. The predicted molar refractivity (Wildman–Crippen MR) is 118 cm³/mol. The summed E-state index contributed by atoms with van der Waals surface area (Å²) >= 11 is 0. The van der Waals surface area contributed by atoms with Gasteiger partial charge in [-0.3, -0.25) is 4.79 Å². The van der Waals surface area contributed by atoms with E-state index >= 15 is 0 Å². The quantitative estimate of drug-likeness (QED) is 0.619. The lowest BCUT2D eigenvalue weighted by molar-refractivity contribution is -0.137. The molecule has 5 nitrogen and oxygen atoms in total. The van der Waals surface area contributed by atoms with Gasteiger partial charge >= 0.3 is 0 Å². The zero-order valence-corrected chi connectivity index (χ0v) is 18.3. The Labute approximate surface area is 175 Å². The molecule has 1 amide bonds. The highest BCUT2D eigenvalue weighted by molar-refractivity contribution is 5.83. The molecule has 1 aromatic rings. The maximum absolute atomic E-state index is 13.4. The van der Waals surface area contributed by atoms with Crippen LogP contribution in [0.5, 0.6) is 0 Å². The Hall–Kier alpha value is -2.29. The van der Waals surface area contributed by atoms with Crippen molar-refractivity contribution >= 4 is 5.91 Å². The van der Waals surface area contributed by atoms with Gasteiger partial charge in [-0.05, 0) is 23.1 Å². The van der Waals surface area contributed by atoms with Crippen molar-refractivity contribution in [3.05, 3.63) is 47.7 Å². The molecule has 0 saturated carbocycles. The van der Waals surface area contributed by atoms with Crippen LogP contribution in [0.25, 0.3) is 0 Å². The minimum Gasteiger partial charge on any atom is -0.391 e. The van der Waals surface area contributed by atoms with Gasteiger partial charge < -0.3 is 20.6 Å². The fourth-order valence-corrected chi connectivity index (χ4v) is 3.63. The van der Waals surface area contributed by atoms with E-state index in [1.807, 2.05) is 38.1 Å². The van der Waals surface area contributed by atoms with Crippen LogP contribution in [0.2, 0.25) is 0 Å². The van der Waals surface area contributed by atoms with Gasteiger partial charge in [-0.2, -0.15) is 0 Å². The topological polar surface area (TPSA) is 64.6 Å². The second-order valence-corrected chi connectivity index (χ2v) is 9.24. The number of amides is 1. The van der Waals surface area contributed by atoms with Crippen LogP contribution in [0.4, 0.5) is 0 Å². The summed E-state index contributed by atoms with van der Waals surface area (Å²) in [4.78, 5) is 15.2. The lowest BCUT2D eigenvalue weighted by atomic mass is 9.85. The van der Waals surface area contributed by atoms with E-state index in [2.05, 4.69) is 43.9 Å². The minimum absolute atomic E-state index is 0.00840. The first-order chi connectivity index (χ1) is 13.5. The predicted octanol–water partition coefficient (Wildman–Crippen LogP) is 2.65. The van der Waals surface area contributed by atoms with E-state index in [0.717, 1.165) is 16.8 Å². The Morgan fingerprint density at radius 2 is 1.97 bits per heavy atom. The molecule has 1 heterocycles. The number of likely N-dealkylation sites (tertiary alicyclic amines) is 1. The van der Waals surface area contributed by atoms with Gasteiger partial charge in [0.05, 0.1) is 18.2 Å². The number of nitrogens with one attached hydrogen (secondary N) is 2. The number of carbonyl (C=O) groups is 1. The van der Waals surface area contributed by atoms with Gasteiger partial charge in [-0.25, -0.2) is 0 Å². The first-order valence-corrected chi connectivity index (χ1v) is 10.3. The molecule has 1 fully saturated rings. The number of carbonyl (C=O) groups excluding carboxylic acids is 1. The fraction of sp³-hybridized carbons (Fsp3) is 0.542. The number of benzene rings is 1. The molecule has 3 atom stereocenters. The zero-order chi connectivity index (χ0) is 21.8. The van der Waals surface area contributed by atoms with Crippen molar-refractivity contribution in [1.29, 1.82) is 0 Å². The van der Waals surface area contributed by atoms with E-state index in [0.29, 0.717) is 19.5 Å². The monoisotopic (exact) mass is 397 g/mol. The molecule has 5 heteroatoms. The van der Waals surface area contributed by atoms with Gasteiger partial charge in [0.25, 0.3) is 0 Å². The molecular formula is C24H35N3O2. The summed E-state index contributed by atoms with van der Waals surface area (Å²) < 4.78 is 0. The molecule has 1 aliphatic rings. The molecule has 0 unspecified atom stereocenters. The minimum atomic E-state index is -0.544. The second-order valence-electron chi connectivity index (χ2n) is 9.24. The van der Waals surface area contributed by atoms with Crippen LogP contribution in [-0.4, -0.2) is 46.7 Å². The maximum atomic E-state index is 13.4. The molecule has 0 bridgehead atoms. The maximum Gasteiger partial charge on any atom is 0.240 e. The van der Waals surface area contributed by atoms with Gasteiger partial charge in [0, 0.05) is 36.8 Å². The van der Waals surface area contributed by atoms with Crippen LogP contribution in [0, 0.1) is 17.8 Å². The molecule has 3 N–H and O–H groups in total. The van der Waals surface area contributed by atoms with Crippen LogP contribution < -0.4 is 10.6 Å². The first kappa shape index (κ1) is 23.0. The highest BCUT2D eigenvalue weighted by Crippen LogP contribution is 2.28. The van der Waals surface area contributed by atoms with Gasteiger partial charge in [-0.1, -0.05) is 59.3 Å². The van der Waals surface area contributed by atoms with Crippen molar-refractivity contribution in [2.45, 2.75) is 71.8 Å². The molecule has 158 valence electrons. The van der Waals surface area contributed by atoms with Gasteiger partial charge in [0.2, 0.25) is 5.91 Å². The van der Waals surface area contributed by atoms with Crippen molar-refractivity contribution in [2.24, 2.45) is 5.41 Å². The third kappa shape index (κ3) is 6.09. The Morgan fingerprint density at radius 3 is 2.48 bits per heavy atom. The summed E-state index contributed by atoms with van der Waals surface area (Å²) in [6.45, 7) is 15.3. The molecule has 1 aliphatic heterocycles. The summed E-state index contributed by atoms with van der Waals surface area (Å²) in [5, 5.41) is 17.0. The third-order valence-corrected chi connectivity index (χ3v) is 5.22. The number of hydrogen-bond acceptors (Lipinski definition) is 4. The van der Waals surface area contributed by atoms with Gasteiger partial charge in [0.1, 0.15) is 0 Å². The molecule has 1 saturated heterocycles. The molecule has 0 radical (unpaired) electrons. The SMILES string of the molecule is C#Cc1ccc(CNC(=C)[C@@H]2C[C@@H](O)CN2C(=O)[C@@H](NC(C)C)C(C)(C)C)cc1. The van der Waals surface area contributed by atoms with Crippen LogP contribution in [-0.2, 0) is 11.3 Å². The standard InChI is InChI=1S/C24H35N3O2/c1-8-18-9-11-19(12-10-18)14-25-17(4)21-13-20(28)15-27(21)23(29)22(24(5,6)7)26-16(2)3/h1,9-12,16,20-22,25-26,28H,4,13-15H2,2-3,5-7H3/t20-,21+,22-/m1/s1. The molecule has 2 rings (SSSR count). The van der Waals surface area contributed by atoms with Gasteiger partial charge in [-0.15, -0.1) is 6.42 Å². The molecule has 1 aromatic carbocycles. The van der Waals surface area contributed by atoms with Crippen molar-refractivity contribution in [2.75, 3.05) is 6.54 Å². The summed E-state index contributed by atoms with van der Waals surface area (Å²) in [5.41, 5.74) is 2.42. The average Bonchev–Trinajstić information content (AvgIpc) is 3.05. The van der Waals surface area contributed by atoms with Crippen molar-refractivity contribution in [1.82, 2.24) is 15.5 Å². The molecule has 0 aromatic heterocycles. The average molecular weight is 398 g/mol. The molecule has 0 aliphatic carbocycles. The van der Waals surface area contributed by atoms with E-state index in [9.17, 15) is 9.90 Å². The Morgan fingerprint density at radius 1 is 1.34 bits per heavy atom. The number of hydrogen-bond donors (Lipinski definition) is 3. The van der Waals surface area contributed by atoms with E-state index in [1.54, 1.807) is 4.90 Å². The lowest BCUT2D eigenvalue weighted by Crippen LogP contribution is -2.56.